The second-order valence-corrected chi connectivity index (χ2v) is 11.7. The van der Waals surface area contributed by atoms with Gasteiger partial charge in [0.15, 0.2) is 0 Å². The zero-order chi connectivity index (χ0) is 23.5. The van der Waals surface area contributed by atoms with Crippen molar-refractivity contribution < 1.29 is 18.3 Å². The van der Waals surface area contributed by atoms with Gasteiger partial charge in [-0.1, -0.05) is 6.08 Å². The molecule has 0 radical (unpaired) electrons. The molecule has 5 rings (SSSR count). The molecule has 1 aliphatic carbocycles. The maximum atomic E-state index is 13.7. The Hall–Kier alpha value is -2.01. The van der Waals surface area contributed by atoms with Crippen LogP contribution in [0.4, 0.5) is 0 Å². The zero-order valence-electron chi connectivity index (χ0n) is 19.2. The lowest BCUT2D eigenvalue weighted by atomic mass is 9.86. The van der Waals surface area contributed by atoms with Gasteiger partial charge >= 0.3 is 0 Å². The number of pyridine rings is 1. The molecule has 4 heterocycles. The SMILES string of the molecule is CN1CCN(C(=O)[C@@H]2[C@@H](CO)[C@@H]3Cn4c(ccc(C5=CCCC5)c4=O)[C@H]2N3S(C)(=O)=O)CC1. The van der Waals surface area contributed by atoms with Crippen LogP contribution in [-0.2, 0) is 21.4 Å². The minimum atomic E-state index is -3.68. The van der Waals surface area contributed by atoms with Crippen LogP contribution in [0.15, 0.2) is 23.0 Å². The van der Waals surface area contributed by atoms with Crippen molar-refractivity contribution in [3.05, 3.63) is 39.8 Å². The van der Waals surface area contributed by atoms with E-state index in [2.05, 4.69) is 11.0 Å². The molecule has 33 heavy (non-hydrogen) atoms. The summed E-state index contributed by atoms with van der Waals surface area (Å²) in [6, 6.07) is 2.19. The molecular weight excluding hydrogens is 444 g/mol. The lowest BCUT2D eigenvalue weighted by molar-refractivity contribution is -0.139. The lowest BCUT2D eigenvalue weighted by Gasteiger charge is -2.38. The molecule has 4 atom stereocenters. The first-order chi connectivity index (χ1) is 15.7. The van der Waals surface area contributed by atoms with E-state index < -0.39 is 33.9 Å². The number of carbonyl (C=O) groups is 1. The third kappa shape index (κ3) is 3.67. The van der Waals surface area contributed by atoms with Crippen LogP contribution in [-0.4, -0.2) is 90.2 Å². The second-order valence-electron chi connectivity index (χ2n) is 9.82. The van der Waals surface area contributed by atoms with Gasteiger partial charge in [-0.3, -0.25) is 9.59 Å². The molecule has 1 aromatic heterocycles. The molecule has 9 nitrogen and oxygen atoms in total. The van der Waals surface area contributed by atoms with E-state index in [0.717, 1.165) is 44.2 Å². The maximum Gasteiger partial charge on any atom is 0.258 e. The highest BCUT2D eigenvalue weighted by atomic mass is 32.2. The first-order valence-corrected chi connectivity index (χ1v) is 13.6. The fourth-order valence-corrected chi connectivity index (χ4v) is 7.55. The van der Waals surface area contributed by atoms with Crippen molar-refractivity contribution in [3.63, 3.8) is 0 Å². The Balaban J connectivity index is 1.61. The fourth-order valence-electron chi connectivity index (χ4n) is 6.19. The van der Waals surface area contributed by atoms with Crippen molar-refractivity contribution in [2.45, 2.75) is 37.9 Å². The number of carbonyl (C=O) groups excluding carboxylic acids is 1. The van der Waals surface area contributed by atoms with Gasteiger partial charge in [0.1, 0.15) is 0 Å². The maximum absolute atomic E-state index is 13.7. The highest BCUT2D eigenvalue weighted by molar-refractivity contribution is 7.88. The van der Waals surface area contributed by atoms with E-state index in [1.807, 2.05) is 13.1 Å². The van der Waals surface area contributed by atoms with Gasteiger partial charge < -0.3 is 19.5 Å². The van der Waals surface area contributed by atoms with Crippen molar-refractivity contribution in [2.24, 2.45) is 11.8 Å². The molecule has 4 aliphatic rings. The minimum absolute atomic E-state index is 0.131. The lowest BCUT2D eigenvalue weighted by Crippen LogP contribution is -2.51. The van der Waals surface area contributed by atoms with Gasteiger partial charge in [0.2, 0.25) is 15.9 Å². The number of amides is 1. The topological polar surface area (TPSA) is 103 Å². The molecule has 1 N–H and O–H groups in total. The summed E-state index contributed by atoms with van der Waals surface area (Å²) in [4.78, 5) is 31.2. The Morgan fingerprint density at radius 3 is 2.52 bits per heavy atom. The summed E-state index contributed by atoms with van der Waals surface area (Å²) in [5, 5.41) is 10.3. The standard InChI is InChI=1S/C23H32N4O5S/c1-24-9-11-25(12-10-24)23(30)20-17(14-28)19-13-26-18(21(20)27(19)33(2,31)32)8-7-16(22(26)29)15-5-3-4-6-15/h5,7-8,17,19-21,28H,3-4,6,9-14H2,1-2H3/t17-,19-,20+,21+/m0/s1. The Morgan fingerprint density at radius 1 is 1.18 bits per heavy atom. The second kappa shape index (κ2) is 8.33. The number of piperazine rings is 1. The van der Waals surface area contributed by atoms with Crippen molar-refractivity contribution >= 4 is 21.5 Å². The van der Waals surface area contributed by atoms with Crippen molar-refractivity contribution in [3.8, 4) is 0 Å². The van der Waals surface area contributed by atoms with Gasteiger partial charge in [0.25, 0.3) is 5.56 Å². The smallest absolute Gasteiger partial charge is 0.258 e. The molecule has 2 bridgehead atoms. The predicted molar refractivity (Wildman–Crippen MR) is 124 cm³/mol. The first-order valence-electron chi connectivity index (χ1n) is 11.7. The first kappa shape index (κ1) is 22.8. The van der Waals surface area contributed by atoms with Crippen LogP contribution in [0, 0.1) is 11.8 Å². The Morgan fingerprint density at radius 2 is 1.91 bits per heavy atom. The quantitative estimate of drug-likeness (QED) is 0.662. The van der Waals surface area contributed by atoms with Crippen LogP contribution in [0.1, 0.15) is 36.6 Å². The normalized spacial score (nSPS) is 30.4. The number of aliphatic hydroxyl groups is 1. The zero-order valence-corrected chi connectivity index (χ0v) is 20.0. The Labute approximate surface area is 194 Å². The molecule has 1 aromatic rings. The molecule has 2 saturated heterocycles. The Kier molecular flexibility index (Phi) is 5.75. The fraction of sp³-hybridized carbons (Fsp3) is 0.652. The number of allylic oxidation sites excluding steroid dienone is 2. The number of hydrogen-bond acceptors (Lipinski definition) is 6. The molecule has 180 valence electrons. The summed E-state index contributed by atoms with van der Waals surface area (Å²) >= 11 is 0. The summed E-state index contributed by atoms with van der Waals surface area (Å²) in [7, 11) is -1.67. The molecule has 0 unspecified atom stereocenters. The van der Waals surface area contributed by atoms with Crippen molar-refractivity contribution in [1.29, 1.82) is 0 Å². The molecule has 0 spiro atoms. The van der Waals surface area contributed by atoms with Gasteiger partial charge in [0, 0.05) is 62.5 Å². The summed E-state index contributed by atoms with van der Waals surface area (Å²) in [6.07, 6.45) is 6.09. The van der Waals surface area contributed by atoms with Crippen molar-refractivity contribution in [2.75, 3.05) is 46.1 Å². The van der Waals surface area contributed by atoms with E-state index >= 15 is 0 Å². The largest absolute Gasteiger partial charge is 0.396 e. The molecule has 2 fully saturated rings. The van der Waals surface area contributed by atoms with E-state index in [9.17, 15) is 23.1 Å². The third-order valence-electron chi connectivity index (χ3n) is 7.86. The van der Waals surface area contributed by atoms with Crippen LogP contribution in [0.25, 0.3) is 5.57 Å². The van der Waals surface area contributed by atoms with Crippen LogP contribution in [0.3, 0.4) is 0 Å². The monoisotopic (exact) mass is 476 g/mol. The highest BCUT2D eigenvalue weighted by Gasteiger charge is 2.59. The number of aromatic nitrogens is 1. The summed E-state index contributed by atoms with van der Waals surface area (Å²) in [5.41, 5.74) is 2.11. The van der Waals surface area contributed by atoms with Crippen LogP contribution >= 0.6 is 0 Å². The predicted octanol–water partition coefficient (Wildman–Crippen LogP) is 0.113. The molecule has 0 aromatic carbocycles. The van der Waals surface area contributed by atoms with Crippen LogP contribution in [0.2, 0.25) is 0 Å². The van der Waals surface area contributed by atoms with Gasteiger partial charge in [-0.05, 0) is 44.0 Å². The van der Waals surface area contributed by atoms with Crippen LogP contribution < -0.4 is 5.56 Å². The number of likely N-dealkylation sites (N-methyl/N-ethyl adjacent to an activating group) is 1. The number of hydrogen-bond donors (Lipinski definition) is 1. The number of sulfonamides is 1. The number of rotatable bonds is 4. The molecule has 3 aliphatic heterocycles. The van der Waals surface area contributed by atoms with Gasteiger partial charge in [0.05, 0.1) is 18.2 Å². The third-order valence-corrected chi connectivity index (χ3v) is 9.12. The van der Waals surface area contributed by atoms with E-state index in [0.29, 0.717) is 24.3 Å². The number of nitrogens with zero attached hydrogens (tertiary/aromatic N) is 4. The Bertz CT molecular complexity index is 1150. The number of fused-ring (bicyclic) bond motifs is 4. The van der Waals surface area contributed by atoms with Crippen LogP contribution in [0.5, 0.6) is 0 Å². The number of aliphatic hydroxyl groups excluding tert-OH is 1. The summed E-state index contributed by atoms with van der Waals surface area (Å²) in [6.45, 7) is 2.48. The minimum Gasteiger partial charge on any atom is -0.396 e. The average Bonchev–Trinajstić information content (AvgIpc) is 3.39. The molecule has 1 amide bonds. The van der Waals surface area contributed by atoms with Gasteiger partial charge in [-0.25, -0.2) is 8.42 Å². The summed E-state index contributed by atoms with van der Waals surface area (Å²) in [5.74, 6) is -1.42. The molecule has 10 heteroatoms. The van der Waals surface area contributed by atoms with Gasteiger partial charge in [-0.15, -0.1) is 0 Å². The van der Waals surface area contributed by atoms with E-state index in [1.165, 1.54) is 4.31 Å². The van der Waals surface area contributed by atoms with Gasteiger partial charge in [-0.2, -0.15) is 4.31 Å². The average molecular weight is 477 g/mol. The summed E-state index contributed by atoms with van der Waals surface area (Å²) < 4.78 is 28.8. The molecular formula is C23H32N4O5S. The van der Waals surface area contributed by atoms with E-state index in [1.54, 1.807) is 15.5 Å². The highest BCUT2D eigenvalue weighted by Crippen LogP contribution is 2.50. The van der Waals surface area contributed by atoms with E-state index in [-0.39, 0.29) is 24.6 Å². The molecule has 0 saturated carbocycles. The van der Waals surface area contributed by atoms with Crippen molar-refractivity contribution in [1.82, 2.24) is 18.7 Å². The van der Waals surface area contributed by atoms with E-state index in [4.69, 9.17) is 0 Å².